The van der Waals surface area contributed by atoms with Gasteiger partial charge in [0.25, 0.3) is 0 Å². The van der Waals surface area contributed by atoms with E-state index < -0.39 is 0 Å². The van der Waals surface area contributed by atoms with Gasteiger partial charge in [-0.05, 0) is 75.2 Å². The molecule has 0 saturated heterocycles. The molecule has 0 saturated carbocycles. The number of benzene rings is 2. The van der Waals surface area contributed by atoms with Gasteiger partial charge >= 0.3 is 0 Å². The van der Waals surface area contributed by atoms with Crippen LogP contribution in [0.5, 0.6) is 5.75 Å². The fourth-order valence-corrected chi connectivity index (χ4v) is 4.33. The Morgan fingerprint density at radius 1 is 0.600 bits per heavy atom. The van der Waals surface area contributed by atoms with Crippen molar-refractivity contribution in [3.63, 3.8) is 0 Å². The van der Waals surface area contributed by atoms with E-state index in [2.05, 4.69) is 127 Å². The molecule has 3 N–H and O–H groups in total. The molecule has 0 atom stereocenters. The topological polar surface area (TPSA) is 68.8 Å². The molecule has 230 valence electrons. The molecule has 3 heteroatoms. The van der Waals surface area contributed by atoms with E-state index in [0.29, 0.717) is 5.75 Å². The molecule has 0 radical (unpaired) electrons. The lowest BCUT2D eigenvalue weighted by Crippen LogP contribution is -2.22. The van der Waals surface area contributed by atoms with Crippen LogP contribution >= 0.6 is 0 Å². The van der Waals surface area contributed by atoms with Gasteiger partial charge in [0.15, 0.2) is 0 Å². The Bertz CT molecular complexity index is 992. The van der Waals surface area contributed by atoms with Crippen LogP contribution in [-0.2, 0) is 32.9 Å². The number of carbonyl (C=O) groups is 1. The Labute approximate surface area is 248 Å². The Balaban J connectivity index is -0.00000218. The average Bonchev–Trinajstić information content (AvgIpc) is 2.91. The maximum Gasteiger partial charge on any atom is 0.122 e. The largest absolute Gasteiger partial charge is 0.507 e. The highest BCUT2D eigenvalue weighted by Crippen LogP contribution is 2.42. The second-order valence-corrected chi connectivity index (χ2v) is 13.1. The van der Waals surface area contributed by atoms with Gasteiger partial charge in [0.2, 0.25) is 0 Å². The smallest absolute Gasteiger partial charge is 0.122 e. The summed E-state index contributed by atoms with van der Waals surface area (Å²) in [6, 6.07) is 11.8. The summed E-state index contributed by atoms with van der Waals surface area (Å²) in [6.45, 7) is 35.5. The zero-order valence-electron chi connectivity index (χ0n) is 27.4. The standard InChI is InChI=1S/C33H52O.C2H4.CH2O.CH4.H2O/c1-13-30(5,6)25-18-23(19-26(21-25)31(7,8)14-2)17-24-20-27(32(9,10)15-3)22-28(29(24)34)33(11,12)16-4;2*1-2;;/h18-22,34H,13-17H2,1-12H3;1-2H2;1H2;1H4;1H2. The first-order valence-electron chi connectivity index (χ1n) is 14.3. The lowest BCUT2D eigenvalue weighted by atomic mass is 9.74. The summed E-state index contributed by atoms with van der Waals surface area (Å²) in [5.74, 6) is 0.485. The predicted molar refractivity (Wildman–Crippen MR) is 179 cm³/mol. The van der Waals surface area contributed by atoms with Gasteiger partial charge in [-0.25, -0.2) is 0 Å². The molecule has 40 heavy (non-hydrogen) atoms. The first-order valence-corrected chi connectivity index (χ1v) is 14.3. The van der Waals surface area contributed by atoms with E-state index in [9.17, 15) is 5.11 Å². The van der Waals surface area contributed by atoms with E-state index >= 15 is 0 Å². The van der Waals surface area contributed by atoms with Crippen LogP contribution in [-0.4, -0.2) is 17.4 Å². The number of hydrogen-bond acceptors (Lipinski definition) is 2. The van der Waals surface area contributed by atoms with Gasteiger partial charge in [-0.1, -0.05) is 121 Å². The van der Waals surface area contributed by atoms with Crippen LogP contribution < -0.4 is 0 Å². The van der Waals surface area contributed by atoms with Crippen molar-refractivity contribution in [3.05, 3.63) is 76.9 Å². The molecule has 3 nitrogen and oxygen atoms in total. The van der Waals surface area contributed by atoms with Crippen molar-refractivity contribution in [2.75, 3.05) is 0 Å². The van der Waals surface area contributed by atoms with Gasteiger partial charge in [0.1, 0.15) is 12.5 Å². The molecule has 0 fully saturated rings. The highest BCUT2D eigenvalue weighted by Gasteiger charge is 2.29. The highest BCUT2D eigenvalue weighted by atomic mass is 16.3. The summed E-state index contributed by atoms with van der Waals surface area (Å²) in [6.07, 6.45) is 5.02. The summed E-state index contributed by atoms with van der Waals surface area (Å²) in [5.41, 5.74) is 7.84. The average molecular weight is 557 g/mol. The summed E-state index contributed by atoms with van der Waals surface area (Å²) in [4.78, 5) is 8.00. The third kappa shape index (κ3) is 9.91. The van der Waals surface area contributed by atoms with Crippen molar-refractivity contribution in [1.82, 2.24) is 0 Å². The van der Waals surface area contributed by atoms with Crippen LogP contribution in [0.2, 0.25) is 0 Å². The second-order valence-electron chi connectivity index (χ2n) is 13.1. The molecule has 0 aromatic heterocycles. The molecule has 0 aliphatic rings. The Hall–Kier alpha value is -2.39. The fourth-order valence-electron chi connectivity index (χ4n) is 4.33. The van der Waals surface area contributed by atoms with E-state index in [1.807, 2.05) is 6.79 Å². The van der Waals surface area contributed by atoms with Gasteiger partial charge in [-0.15, -0.1) is 13.2 Å². The lowest BCUT2D eigenvalue weighted by molar-refractivity contribution is -0.0980. The quantitative estimate of drug-likeness (QED) is 0.296. The molecule has 0 amide bonds. The molecule has 0 unspecified atom stereocenters. The van der Waals surface area contributed by atoms with E-state index in [1.165, 1.54) is 22.3 Å². The van der Waals surface area contributed by atoms with Gasteiger partial charge in [0, 0.05) is 12.0 Å². The first kappa shape index (κ1) is 42.1. The fraction of sp³-hybridized carbons (Fsp3) is 0.595. The molecule has 0 heterocycles. The van der Waals surface area contributed by atoms with Crippen LogP contribution in [0.3, 0.4) is 0 Å². The third-order valence-electron chi connectivity index (χ3n) is 9.19. The zero-order chi connectivity index (χ0) is 30.1. The van der Waals surface area contributed by atoms with E-state index in [0.717, 1.165) is 43.2 Å². The first-order chi connectivity index (χ1) is 17.5. The minimum atomic E-state index is -0.0694. The summed E-state index contributed by atoms with van der Waals surface area (Å²) in [7, 11) is 0. The van der Waals surface area contributed by atoms with Crippen molar-refractivity contribution in [2.24, 2.45) is 0 Å². The van der Waals surface area contributed by atoms with E-state index in [-0.39, 0.29) is 34.6 Å². The summed E-state index contributed by atoms with van der Waals surface area (Å²) >= 11 is 0. The summed E-state index contributed by atoms with van der Waals surface area (Å²) in [5, 5.41) is 11.5. The normalized spacial score (nSPS) is 11.6. The molecule has 2 rings (SSSR count). The molecule has 0 bridgehead atoms. The molecule has 0 spiro atoms. The van der Waals surface area contributed by atoms with Crippen LogP contribution in [0.25, 0.3) is 0 Å². The van der Waals surface area contributed by atoms with Crippen molar-refractivity contribution in [2.45, 2.75) is 144 Å². The number of aromatic hydroxyl groups is 1. The van der Waals surface area contributed by atoms with Crippen molar-refractivity contribution in [3.8, 4) is 5.75 Å². The van der Waals surface area contributed by atoms with Crippen LogP contribution in [0, 0.1) is 0 Å². The number of hydrogen-bond donors (Lipinski definition) is 1. The Morgan fingerprint density at radius 2 is 0.925 bits per heavy atom. The van der Waals surface area contributed by atoms with Crippen molar-refractivity contribution >= 4 is 6.79 Å². The predicted octanol–water partition coefficient (Wildman–Crippen LogP) is 10.2. The molecule has 0 aliphatic heterocycles. The van der Waals surface area contributed by atoms with Gasteiger partial charge in [-0.3, -0.25) is 0 Å². The lowest BCUT2D eigenvalue weighted by Gasteiger charge is -2.31. The van der Waals surface area contributed by atoms with Crippen LogP contribution in [0.15, 0.2) is 43.5 Å². The minimum absolute atomic E-state index is 0. The number of rotatable bonds is 10. The molecule has 2 aromatic carbocycles. The number of phenolic OH excluding ortho intramolecular Hbond substituents is 1. The van der Waals surface area contributed by atoms with Gasteiger partial charge in [0.05, 0.1) is 0 Å². The van der Waals surface area contributed by atoms with Gasteiger partial charge in [-0.2, -0.15) is 0 Å². The van der Waals surface area contributed by atoms with Crippen LogP contribution in [0.4, 0.5) is 0 Å². The maximum atomic E-state index is 11.5. The Kier molecular flexibility index (Phi) is 17.6. The highest BCUT2D eigenvalue weighted by molar-refractivity contribution is 5.51. The third-order valence-corrected chi connectivity index (χ3v) is 9.19. The number of carbonyl (C=O) groups excluding carboxylic acids is 1. The van der Waals surface area contributed by atoms with Crippen molar-refractivity contribution in [1.29, 1.82) is 0 Å². The molecular formula is C37H64O3. The van der Waals surface area contributed by atoms with Crippen molar-refractivity contribution < 1.29 is 15.4 Å². The van der Waals surface area contributed by atoms with E-state index in [1.54, 1.807) is 0 Å². The monoisotopic (exact) mass is 556 g/mol. The molecular weight excluding hydrogens is 492 g/mol. The van der Waals surface area contributed by atoms with Crippen LogP contribution in [0.1, 0.15) is 150 Å². The number of phenols is 1. The Morgan fingerprint density at radius 3 is 1.25 bits per heavy atom. The van der Waals surface area contributed by atoms with Gasteiger partial charge < -0.3 is 15.4 Å². The second kappa shape index (κ2) is 16.8. The SMILES string of the molecule is C.C=C.C=O.CCC(C)(C)c1cc(Cc2cc(C(C)(C)CC)cc(C(C)(C)CC)c2O)cc(C(C)(C)CC)c1.O. The zero-order valence-corrected chi connectivity index (χ0v) is 27.4. The minimum Gasteiger partial charge on any atom is -0.507 e. The molecule has 0 aliphatic carbocycles. The maximum absolute atomic E-state index is 11.5. The van der Waals surface area contributed by atoms with E-state index in [4.69, 9.17) is 4.79 Å². The molecule has 2 aromatic rings. The summed E-state index contributed by atoms with van der Waals surface area (Å²) < 4.78 is 0.